The summed E-state index contributed by atoms with van der Waals surface area (Å²) in [5, 5.41) is 10.4. The monoisotopic (exact) mass is 159 g/mol. The Balaban J connectivity index is 3.98. The Kier molecular flexibility index (Phi) is 3.72. The summed E-state index contributed by atoms with van der Waals surface area (Å²) in [5.74, 6) is -1.18. The van der Waals surface area contributed by atoms with Gasteiger partial charge in [-0.15, -0.1) is 6.58 Å². The van der Waals surface area contributed by atoms with Gasteiger partial charge in [-0.1, -0.05) is 6.08 Å². The maximum absolute atomic E-state index is 10.4. The largest absolute Gasteiger partial charge is 0.479 e. The molecule has 0 saturated carbocycles. The molecule has 0 aliphatic carbocycles. The Morgan fingerprint density at radius 3 is 2.55 bits per heavy atom. The molecule has 0 aromatic carbocycles. The topological polar surface area (TPSA) is 75.6 Å². The number of nitrogens with one attached hydrogen (secondary N) is 1. The fourth-order valence-electron chi connectivity index (χ4n) is 0.407. The van der Waals surface area contributed by atoms with Gasteiger partial charge in [0.25, 0.3) is 0 Å². The molecule has 0 bridgehead atoms. The summed E-state index contributed by atoms with van der Waals surface area (Å²) >= 11 is 0. The van der Waals surface area contributed by atoms with Crippen molar-refractivity contribution >= 4 is 12.1 Å². The lowest BCUT2D eigenvalue weighted by Crippen LogP contribution is -2.38. The minimum Gasteiger partial charge on any atom is -0.479 e. The molecule has 11 heavy (non-hydrogen) atoms. The maximum atomic E-state index is 10.4. The standard InChI is InChI=1S/C6H9NO4/c1-3-4(5(8)9)7-6(10)11-2/h3-4H,1H2,2H3,(H,7,10)(H,8,9). The van der Waals surface area contributed by atoms with Gasteiger partial charge < -0.3 is 15.2 Å². The lowest BCUT2D eigenvalue weighted by atomic mass is 10.3. The van der Waals surface area contributed by atoms with Crippen LogP contribution in [0.3, 0.4) is 0 Å². The van der Waals surface area contributed by atoms with Gasteiger partial charge in [-0.2, -0.15) is 0 Å². The number of methoxy groups -OCH3 is 1. The summed E-state index contributed by atoms with van der Waals surface area (Å²) in [5.41, 5.74) is 0. The van der Waals surface area contributed by atoms with Gasteiger partial charge in [-0.25, -0.2) is 9.59 Å². The predicted octanol–water partition coefficient (Wildman–Crippen LogP) is -0.0184. The quantitative estimate of drug-likeness (QED) is 0.567. The average Bonchev–Trinajstić information content (AvgIpc) is 1.99. The first-order chi connectivity index (χ1) is 5.11. The normalized spacial score (nSPS) is 11.4. The molecule has 0 spiro atoms. The molecular formula is C6H9NO4. The predicted molar refractivity (Wildman–Crippen MR) is 37.2 cm³/mol. The van der Waals surface area contributed by atoms with E-state index in [9.17, 15) is 9.59 Å². The van der Waals surface area contributed by atoms with Gasteiger partial charge in [-0.05, 0) is 0 Å². The van der Waals surface area contributed by atoms with Gasteiger partial charge in [-0.3, -0.25) is 0 Å². The minimum atomic E-state index is -1.18. The summed E-state index contributed by atoms with van der Waals surface area (Å²) in [6.07, 6.45) is 0.302. The zero-order valence-corrected chi connectivity index (χ0v) is 6.03. The van der Waals surface area contributed by atoms with E-state index in [1.807, 2.05) is 5.32 Å². The smallest absolute Gasteiger partial charge is 0.407 e. The van der Waals surface area contributed by atoms with E-state index in [-0.39, 0.29) is 0 Å². The molecule has 0 rings (SSSR count). The maximum Gasteiger partial charge on any atom is 0.407 e. The molecule has 0 fully saturated rings. The molecule has 5 nitrogen and oxygen atoms in total. The van der Waals surface area contributed by atoms with E-state index in [4.69, 9.17) is 5.11 Å². The Morgan fingerprint density at radius 2 is 2.27 bits per heavy atom. The molecule has 1 unspecified atom stereocenters. The van der Waals surface area contributed by atoms with Crippen LogP contribution < -0.4 is 5.32 Å². The van der Waals surface area contributed by atoms with Crippen molar-refractivity contribution in [2.45, 2.75) is 6.04 Å². The van der Waals surface area contributed by atoms with Gasteiger partial charge in [0.1, 0.15) is 6.04 Å². The highest BCUT2D eigenvalue weighted by Gasteiger charge is 2.15. The van der Waals surface area contributed by atoms with Gasteiger partial charge in [0.15, 0.2) is 0 Å². The van der Waals surface area contributed by atoms with Crippen LogP contribution >= 0.6 is 0 Å². The lowest BCUT2D eigenvalue weighted by molar-refractivity contribution is -0.138. The Hall–Kier alpha value is -1.52. The number of carbonyl (C=O) groups is 2. The Bertz CT molecular complexity index is 177. The molecule has 0 aromatic rings. The van der Waals surface area contributed by atoms with Crippen molar-refractivity contribution in [1.82, 2.24) is 5.32 Å². The molecule has 0 aliphatic rings. The zero-order valence-electron chi connectivity index (χ0n) is 6.03. The second-order valence-corrected chi connectivity index (χ2v) is 1.69. The molecule has 2 N–H and O–H groups in total. The third kappa shape index (κ3) is 3.24. The van der Waals surface area contributed by atoms with E-state index in [1.165, 1.54) is 0 Å². The number of carboxylic acids is 1. The van der Waals surface area contributed by atoms with Crippen LogP contribution in [-0.4, -0.2) is 30.3 Å². The number of carboxylic acid groups (broad SMARTS) is 1. The van der Waals surface area contributed by atoms with Crippen LogP contribution in [0.2, 0.25) is 0 Å². The zero-order chi connectivity index (χ0) is 8.85. The molecule has 62 valence electrons. The second kappa shape index (κ2) is 4.32. The number of aliphatic carboxylic acids is 1. The van der Waals surface area contributed by atoms with Crippen molar-refractivity contribution in [3.63, 3.8) is 0 Å². The number of alkyl carbamates (subject to hydrolysis) is 1. The molecule has 5 heteroatoms. The number of hydrogen-bond acceptors (Lipinski definition) is 3. The van der Waals surface area contributed by atoms with E-state index >= 15 is 0 Å². The summed E-state index contributed by atoms with van der Waals surface area (Å²) in [6, 6.07) is -1.09. The Morgan fingerprint density at radius 1 is 1.73 bits per heavy atom. The van der Waals surface area contributed by atoms with Crippen LogP contribution in [0.1, 0.15) is 0 Å². The van der Waals surface area contributed by atoms with E-state index < -0.39 is 18.1 Å². The molecule has 1 atom stereocenters. The van der Waals surface area contributed by atoms with Crippen molar-refractivity contribution in [3.8, 4) is 0 Å². The van der Waals surface area contributed by atoms with Crippen molar-refractivity contribution in [2.75, 3.05) is 7.11 Å². The fraction of sp³-hybridized carbons (Fsp3) is 0.333. The Labute approximate surface area is 63.7 Å². The third-order valence-electron chi connectivity index (χ3n) is 0.961. The first kappa shape index (κ1) is 9.48. The van der Waals surface area contributed by atoms with E-state index in [0.717, 1.165) is 13.2 Å². The third-order valence-corrected chi connectivity index (χ3v) is 0.961. The summed E-state index contributed by atoms with van der Waals surface area (Å²) in [6.45, 7) is 3.22. The van der Waals surface area contributed by atoms with Gasteiger partial charge in [0, 0.05) is 0 Å². The van der Waals surface area contributed by atoms with Gasteiger partial charge in [0.05, 0.1) is 7.11 Å². The van der Waals surface area contributed by atoms with E-state index in [2.05, 4.69) is 11.3 Å². The highest BCUT2D eigenvalue weighted by Crippen LogP contribution is 1.85. The van der Waals surface area contributed by atoms with Crippen molar-refractivity contribution in [2.24, 2.45) is 0 Å². The molecule has 0 saturated heterocycles. The number of rotatable bonds is 3. The molecule has 1 amide bonds. The SMILES string of the molecule is C=CC(NC(=O)OC)C(=O)O. The average molecular weight is 159 g/mol. The lowest BCUT2D eigenvalue weighted by Gasteiger charge is -2.07. The van der Waals surface area contributed by atoms with Crippen molar-refractivity contribution in [1.29, 1.82) is 0 Å². The van der Waals surface area contributed by atoms with Crippen molar-refractivity contribution < 1.29 is 19.4 Å². The number of amides is 1. The highest BCUT2D eigenvalue weighted by atomic mass is 16.5. The first-order valence-electron chi connectivity index (χ1n) is 2.81. The summed E-state index contributed by atoms with van der Waals surface area (Å²) in [4.78, 5) is 20.7. The van der Waals surface area contributed by atoms with Crippen LogP contribution in [0, 0.1) is 0 Å². The second-order valence-electron chi connectivity index (χ2n) is 1.69. The van der Waals surface area contributed by atoms with Gasteiger partial charge in [0.2, 0.25) is 0 Å². The molecular weight excluding hydrogens is 150 g/mol. The number of hydrogen-bond donors (Lipinski definition) is 2. The molecule has 0 heterocycles. The highest BCUT2D eigenvalue weighted by molar-refractivity contribution is 5.81. The molecule has 0 aromatic heterocycles. The van der Waals surface area contributed by atoms with Crippen LogP contribution in [0.15, 0.2) is 12.7 Å². The number of ether oxygens (including phenoxy) is 1. The summed E-state index contributed by atoms with van der Waals surface area (Å²) in [7, 11) is 1.15. The van der Waals surface area contributed by atoms with E-state index in [1.54, 1.807) is 0 Å². The molecule has 0 radical (unpaired) electrons. The van der Waals surface area contributed by atoms with Crippen molar-refractivity contribution in [3.05, 3.63) is 12.7 Å². The van der Waals surface area contributed by atoms with Crippen LogP contribution in [0.4, 0.5) is 4.79 Å². The van der Waals surface area contributed by atoms with Gasteiger partial charge >= 0.3 is 12.1 Å². The summed E-state index contributed by atoms with van der Waals surface area (Å²) < 4.78 is 4.17. The molecule has 0 aliphatic heterocycles. The first-order valence-corrected chi connectivity index (χ1v) is 2.81. The van der Waals surface area contributed by atoms with Crippen LogP contribution in [0.25, 0.3) is 0 Å². The van der Waals surface area contributed by atoms with Crippen LogP contribution in [-0.2, 0) is 9.53 Å². The van der Waals surface area contributed by atoms with Crippen LogP contribution in [0.5, 0.6) is 0 Å². The number of carbonyl (C=O) groups excluding carboxylic acids is 1. The minimum absolute atomic E-state index is 0.794. The fourth-order valence-corrected chi connectivity index (χ4v) is 0.407. The van der Waals surface area contributed by atoms with E-state index in [0.29, 0.717) is 0 Å².